The number of nitrogens with two attached hydrogens (primary N) is 1. The summed E-state index contributed by atoms with van der Waals surface area (Å²) in [4.78, 5) is 0. The first-order chi connectivity index (χ1) is 9.63. The predicted molar refractivity (Wildman–Crippen MR) is 79.3 cm³/mol. The van der Waals surface area contributed by atoms with Gasteiger partial charge in [0.05, 0.1) is 19.3 Å². The van der Waals surface area contributed by atoms with Crippen LogP contribution in [0.15, 0.2) is 42.5 Å². The zero-order chi connectivity index (χ0) is 14.2. The zero-order valence-electron chi connectivity index (χ0n) is 11.8. The molecule has 0 spiro atoms. The molecule has 3 nitrogen and oxygen atoms in total. The van der Waals surface area contributed by atoms with E-state index in [2.05, 4.69) is 12.1 Å². The number of rotatable bonds is 3. The molecular formula is C17H19NO2. The van der Waals surface area contributed by atoms with Crippen LogP contribution in [0.2, 0.25) is 0 Å². The number of methoxy groups -OCH3 is 1. The molecule has 0 radical (unpaired) electrons. The van der Waals surface area contributed by atoms with Crippen molar-refractivity contribution in [2.75, 3.05) is 13.7 Å². The third kappa shape index (κ3) is 2.04. The Balaban J connectivity index is 2.05. The van der Waals surface area contributed by atoms with E-state index in [1.165, 1.54) is 5.56 Å². The molecule has 1 aliphatic rings. The number of fused-ring (bicyclic) bond motifs is 1. The number of para-hydroxylation sites is 1. The van der Waals surface area contributed by atoms with Crippen molar-refractivity contribution in [1.82, 2.24) is 0 Å². The highest BCUT2D eigenvalue weighted by Crippen LogP contribution is 2.38. The van der Waals surface area contributed by atoms with Gasteiger partial charge in [-0.3, -0.25) is 0 Å². The van der Waals surface area contributed by atoms with Gasteiger partial charge < -0.3 is 15.2 Å². The monoisotopic (exact) mass is 269 g/mol. The van der Waals surface area contributed by atoms with Crippen LogP contribution in [0.25, 0.3) is 0 Å². The quantitative estimate of drug-likeness (QED) is 0.932. The van der Waals surface area contributed by atoms with Crippen LogP contribution in [0, 0.1) is 0 Å². The Hall–Kier alpha value is -2.00. The van der Waals surface area contributed by atoms with Gasteiger partial charge in [-0.05, 0) is 30.2 Å². The molecule has 0 fully saturated rings. The molecule has 0 aliphatic carbocycles. The molecule has 3 rings (SSSR count). The summed E-state index contributed by atoms with van der Waals surface area (Å²) in [5, 5.41) is 0. The van der Waals surface area contributed by atoms with Crippen molar-refractivity contribution in [1.29, 1.82) is 0 Å². The molecule has 20 heavy (non-hydrogen) atoms. The van der Waals surface area contributed by atoms with Crippen LogP contribution >= 0.6 is 0 Å². The maximum absolute atomic E-state index is 6.60. The van der Waals surface area contributed by atoms with Crippen molar-refractivity contribution in [2.45, 2.75) is 18.9 Å². The van der Waals surface area contributed by atoms with Crippen molar-refractivity contribution in [2.24, 2.45) is 5.73 Å². The molecule has 0 saturated carbocycles. The van der Waals surface area contributed by atoms with Gasteiger partial charge >= 0.3 is 0 Å². The fourth-order valence-corrected chi connectivity index (χ4v) is 2.72. The molecule has 2 aromatic rings. The normalized spacial score (nSPS) is 16.1. The van der Waals surface area contributed by atoms with Crippen LogP contribution in [0.5, 0.6) is 11.5 Å². The molecule has 1 aliphatic heterocycles. The van der Waals surface area contributed by atoms with Gasteiger partial charge in [0.2, 0.25) is 0 Å². The van der Waals surface area contributed by atoms with E-state index >= 15 is 0 Å². The third-order valence-corrected chi connectivity index (χ3v) is 3.96. The lowest BCUT2D eigenvalue weighted by Gasteiger charge is -2.27. The van der Waals surface area contributed by atoms with E-state index in [9.17, 15) is 0 Å². The minimum absolute atomic E-state index is 0.581. The molecule has 2 N–H and O–H groups in total. The molecule has 3 heteroatoms. The summed E-state index contributed by atoms with van der Waals surface area (Å²) in [6.07, 6.45) is 0.960. The van der Waals surface area contributed by atoms with Crippen LogP contribution < -0.4 is 15.2 Å². The summed E-state index contributed by atoms with van der Waals surface area (Å²) in [5.41, 5.74) is 9.35. The zero-order valence-corrected chi connectivity index (χ0v) is 11.8. The van der Waals surface area contributed by atoms with E-state index in [0.717, 1.165) is 35.7 Å². The first-order valence-corrected chi connectivity index (χ1v) is 6.81. The molecule has 0 saturated heterocycles. The molecule has 1 heterocycles. The van der Waals surface area contributed by atoms with Crippen molar-refractivity contribution in [3.8, 4) is 11.5 Å². The molecular weight excluding hydrogens is 250 g/mol. The SMILES string of the molecule is COc1ccc(C(C)(N)c2cccc3c2OCC3)cc1. The summed E-state index contributed by atoms with van der Waals surface area (Å²) in [6, 6.07) is 14.1. The van der Waals surface area contributed by atoms with Crippen molar-refractivity contribution < 1.29 is 9.47 Å². The molecule has 2 aromatic carbocycles. The molecule has 0 bridgehead atoms. The lowest BCUT2D eigenvalue weighted by Crippen LogP contribution is -2.34. The summed E-state index contributed by atoms with van der Waals surface area (Å²) in [5.74, 6) is 1.78. The van der Waals surface area contributed by atoms with Crippen LogP contribution in [-0.4, -0.2) is 13.7 Å². The minimum atomic E-state index is -0.581. The van der Waals surface area contributed by atoms with Gasteiger partial charge in [-0.25, -0.2) is 0 Å². The van der Waals surface area contributed by atoms with Gasteiger partial charge in [-0.1, -0.05) is 30.3 Å². The number of hydrogen-bond acceptors (Lipinski definition) is 3. The largest absolute Gasteiger partial charge is 0.497 e. The van der Waals surface area contributed by atoms with E-state index in [-0.39, 0.29) is 0 Å². The second kappa shape index (κ2) is 4.84. The Labute approximate surface area is 119 Å². The third-order valence-electron chi connectivity index (χ3n) is 3.96. The average Bonchev–Trinajstić information content (AvgIpc) is 2.95. The second-order valence-corrected chi connectivity index (χ2v) is 5.32. The van der Waals surface area contributed by atoms with Crippen LogP contribution in [0.4, 0.5) is 0 Å². The predicted octanol–water partition coefficient (Wildman–Crippen LogP) is 2.85. The van der Waals surface area contributed by atoms with E-state index in [1.807, 2.05) is 37.3 Å². The van der Waals surface area contributed by atoms with E-state index < -0.39 is 5.54 Å². The van der Waals surface area contributed by atoms with Gasteiger partial charge in [0.15, 0.2) is 0 Å². The van der Waals surface area contributed by atoms with Gasteiger partial charge in [0.25, 0.3) is 0 Å². The summed E-state index contributed by atoms with van der Waals surface area (Å²) in [7, 11) is 1.66. The van der Waals surface area contributed by atoms with Crippen LogP contribution in [-0.2, 0) is 12.0 Å². The fraction of sp³-hybridized carbons (Fsp3) is 0.294. The smallest absolute Gasteiger partial charge is 0.128 e. The van der Waals surface area contributed by atoms with Crippen molar-refractivity contribution >= 4 is 0 Å². The van der Waals surface area contributed by atoms with Crippen LogP contribution in [0.3, 0.4) is 0 Å². The summed E-state index contributed by atoms with van der Waals surface area (Å²) < 4.78 is 11.0. The number of ether oxygens (including phenoxy) is 2. The lowest BCUT2D eigenvalue weighted by atomic mass is 9.84. The van der Waals surface area contributed by atoms with Gasteiger partial charge in [-0.2, -0.15) is 0 Å². The van der Waals surface area contributed by atoms with E-state index in [4.69, 9.17) is 15.2 Å². The van der Waals surface area contributed by atoms with Crippen molar-refractivity contribution in [3.05, 3.63) is 59.2 Å². The Kier molecular flexibility index (Phi) is 3.14. The Morgan fingerprint density at radius 3 is 2.60 bits per heavy atom. The van der Waals surface area contributed by atoms with E-state index in [0.29, 0.717) is 0 Å². The second-order valence-electron chi connectivity index (χ2n) is 5.32. The molecule has 1 atom stereocenters. The maximum Gasteiger partial charge on any atom is 0.128 e. The Morgan fingerprint density at radius 1 is 1.15 bits per heavy atom. The highest BCUT2D eigenvalue weighted by Gasteiger charge is 2.30. The highest BCUT2D eigenvalue weighted by atomic mass is 16.5. The first-order valence-electron chi connectivity index (χ1n) is 6.81. The van der Waals surface area contributed by atoms with Crippen molar-refractivity contribution in [3.63, 3.8) is 0 Å². The Morgan fingerprint density at radius 2 is 1.90 bits per heavy atom. The van der Waals surface area contributed by atoms with E-state index in [1.54, 1.807) is 7.11 Å². The lowest BCUT2D eigenvalue weighted by molar-refractivity contribution is 0.347. The molecule has 1 unspecified atom stereocenters. The number of benzene rings is 2. The molecule has 0 amide bonds. The maximum atomic E-state index is 6.60. The topological polar surface area (TPSA) is 44.5 Å². The Bertz CT molecular complexity index is 617. The van der Waals surface area contributed by atoms with Gasteiger partial charge in [0.1, 0.15) is 11.5 Å². The standard InChI is InChI=1S/C17H19NO2/c1-17(18,13-6-8-14(19-2)9-7-13)15-5-3-4-12-10-11-20-16(12)15/h3-9H,10-11,18H2,1-2H3. The summed E-state index contributed by atoms with van der Waals surface area (Å²) in [6.45, 7) is 2.76. The molecule has 104 valence electrons. The molecule has 0 aromatic heterocycles. The minimum Gasteiger partial charge on any atom is -0.497 e. The summed E-state index contributed by atoms with van der Waals surface area (Å²) >= 11 is 0. The first kappa shape index (κ1) is 13.0. The van der Waals surface area contributed by atoms with Gasteiger partial charge in [-0.15, -0.1) is 0 Å². The highest BCUT2D eigenvalue weighted by molar-refractivity contribution is 5.51. The van der Waals surface area contributed by atoms with Gasteiger partial charge in [0, 0.05) is 12.0 Å². The fourth-order valence-electron chi connectivity index (χ4n) is 2.72. The average molecular weight is 269 g/mol. The van der Waals surface area contributed by atoms with Crippen LogP contribution in [0.1, 0.15) is 23.6 Å². The number of hydrogen-bond donors (Lipinski definition) is 1.